The second kappa shape index (κ2) is 8.45. The molecule has 9 heteroatoms. The Labute approximate surface area is 145 Å². The van der Waals surface area contributed by atoms with E-state index in [2.05, 4.69) is 5.32 Å². The number of benzene rings is 1. The normalized spacial score (nSPS) is 11.1. The van der Waals surface area contributed by atoms with Gasteiger partial charge < -0.3 is 14.5 Å². The van der Waals surface area contributed by atoms with Gasteiger partial charge in [0.2, 0.25) is 10.0 Å². The third kappa shape index (κ3) is 6.40. The molecule has 1 aromatic heterocycles. The average Bonchev–Trinajstić information content (AvgIpc) is 3.09. The number of sulfonamides is 1. The van der Waals surface area contributed by atoms with Crippen molar-refractivity contribution < 1.29 is 27.2 Å². The number of hydrogen-bond donors (Lipinski definition) is 2. The Hall–Kier alpha value is -2.65. The molecule has 0 fully saturated rings. The third-order valence-corrected chi connectivity index (χ3v) is 4.20. The molecule has 3 N–H and O–H groups in total. The summed E-state index contributed by atoms with van der Waals surface area (Å²) in [6, 6.07) is 9.31. The van der Waals surface area contributed by atoms with E-state index in [0.29, 0.717) is 12.2 Å². The largest absolute Gasteiger partial charge is 0.467 e. The number of nitrogens with two attached hydrogens (primary N) is 1. The smallest absolute Gasteiger partial charge is 0.306 e. The van der Waals surface area contributed by atoms with Gasteiger partial charge in [-0.25, -0.2) is 13.6 Å². The molecule has 0 spiro atoms. The number of amides is 1. The van der Waals surface area contributed by atoms with Gasteiger partial charge in [-0.3, -0.25) is 9.59 Å². The van der Waals surface area contributed by atoms with Crippen LogP contribution in [0, 0.1) is 0 Å². The van der Waals surface area contributed by atoms with Gasteiger partial charge in [-0.15, -0.1) is 0 Å². The molecule has 0 bridgehead atoms. The van der Waals surface area contributed by atoms with E-state index in [1.165, 1.54) is 18.4 Å². The number of esters is 1. The Morgan fingerprint density at radius 3 is 2.48 bits per heavy atom. The number of carbonyl (C=O) groups excluding carboxylic acids is 2. The van der Waals surface area contributed by atoms with Crippen molar-refractivity contribution in [2.45, 2.75) is 24.3 Å². The highest BCUT2D eigenvalue weighted by atomic mass is 32.2. The highest BCUT2D eigenvalue weighted by molar-refractivity contribution is 7.89. The van der Waals surface area contributed by atoms with Crippen LogP contribution in [0.3, 0.4) is 0 Å². The van der Waals surface area contributed by atoms with Crippen molar-refractivity contribution in [3.63, 3.8) is 0 Å². The van der Waals surface area contributed by atoms with Crippen molar-refractivity contribution in [2.24, 2.45) is 5.14 Å². The van der Waals surface area contributed by atoms with Crippen LogP contribution >= 0.6 is 0 Å². The second-order valence-corrected chi connectivity index (χ2v) is 6.77. The maximum absolute atomic E-state index is 11.6. The highest BCUT2D eigenvalue weighted by Crippen LogP contribution is 2.10. The lowest BCUT2D eigenvalue weighted by Crippen LogP contribution is -2.28. The molecule has 0 atom stereocenters. The number of furan rings is 1. The fraction of sp³-hybridized carbons (Fsp3) is 0.250. The summed E-state index contributed by atoms with van der Waals surface area (Å²) < 4.78 is 32.2. The van der Waals surface area contributed by atoms with Crippen LogP contribution in [0.15, 0.2) is 52.0 Å². The number of rotatable bonds is 8. The Morgan fingerprint density at radius 2 is 1.88 bits per heavy atom. The molecular formula is C16H18N2O6S. The van der Waals surface area contributed by atoms with Crippen molar-refractivity contribution in [3.05, 3.63) is 54.0 Å². The Bertz CT molecular complexity index is 813. The SMILES string of the molecule is NS(=O)(=O)c1ccc(CCC(=O)OCC(=O)NCc2ccco2)cc1. The highest BCUT2D eigenvalue weighted by Gasteiger charge is 2.10. The standard InChI is InChI=1S/C16H18N2O6S/c17-25(21,22)14-6-3-12(4-7-14)5-8-16(20)24-11-15(19)18-10-13-2-1-9-23-13/h1-4,6-7,9H,5,8,10-11H2,(H,18,19)(H2,17,21,22). The molecule has 0 aliphatic rings. The molecule has 1 aromatic carbocycles. The van der Waals surface area contributed by atoms with Gasteiger partial charge >= 0.3 is 5.97 Å². The maximum atomic E-state index is 11.6. The summed E-state index contributed by atoms with van der Waals surface area (Å²) in [6.45, 7) is -0.149. The lowest BCUT2D eigenvalue weighted by molar-refractivity contribution is -0.148. The molecule has 0 radical (unpaired) electrons. The molecule has 25 heavy (non-hydrogen) atoms. The monoisotopic (exact) mass is 366 g/mol. The Balaban J connectivity index is 1.69. The average molecular weight is 366 g/mol. The lowest BCUT2D eigenvalue weighted by Gasteiger charge is -2.06. The summed E-state index contributed by atoms with van der Waals surface area (Å²) in [7, 11) is -3.73. The molecule has 0 aliphatic carbocycles. The molecule has 0 aliphatic heterocycles. The van der Waals surface area contributed by atoms with E-state index in [1.54, 1.807) is 24.3 Å². The zero-order chi connectivity index (χ0) is 18.3. The van der Waals surface area contributed by atoms with Crippen molar-refractivity contribution in [2.75, 3.05) is 6.61 Å². The molecule has 0 saturated carbocycles. The van der Waals surface area contributed by atoms with Gasteiger partial charge in [0.25, 0.3) is 5.91 Å². The van der Waals surface area contributed by atoms with Crippen LogP contribution in [0.2, 0.25) is 0 Å². The van der Waals surface area contributed by atoms with Crippen molar-refractivity contribution in [1.29, 1.82) is 0 Å². The quantitative estimate of drug-likeness (QED) is 0.662. The van der Waals surface area contributed by atoms with Crippen LogP contribution in [-0.2, 0) is 37.3 Å². The number of nitrogens with one attached hydrogen (secondary N) is 1. The number of primary sulfonamides is 1. The predicted octanol–water partition coefficient (Wildman–Crippen LogP) is 0.719. The van der Waals surface area contributed by atoms with E-state index in [-0.39, 0.29) is 24.5 Å². The van der Waals surface area contributed by atoms with Crippen LogP contribution in [0.4, 0.5) is 0 Å². The minimum absolute atomic E-state index is 0.00653. The van der Waals surface area contributed by atoms with Gasteiger partial charge in [-0.1, -0.05) is 12.1 Å². The van der Waals surface area contributed by atoms with Gasteiger partial charge in [0.15, 0.2) is 6.61 Å². The van der Waals surface area contributed by atoms with E-state index in [0.717, 1.165) is 5.56 Å². The van der Waals surface area contributed by atoms with Gasteiger partial charge in [0, 0.05) is 6.42 Å². The number of aryl methyl sites for hydroxylation is 1. The summed E-state index contributed by atoms with van der Waals surface area (Å²) >= 11 is 0. The van der Waals surface area contributed by atoms with Crippen molar-refractivity contribution in [1.82, 2.24) is 5.32 Å². The van der Waals surface area contributed by atoms with E-state index in [9.17, 15) is 18.0 Å². The molecule has 0 unspecified atom stereocenters. The summed E-state index contributed by atoms with van der Waals surface area (Å²) in [5.74, 6) is -0.353. The summed E-state index contributed by atoms with van der Waals surface area (Å²) in [5.41, 5.74) is 0.756. The molecule has 0 saturated heterocycles. The first kappa shape index (κ1) is 18.7. The zero-order valence-electron chi connectivity index (χ0n) is 13.3. The first-order chi connectivity index (χ1) is 11.8. The van der Waals surface area contributed by atoms with Crippen LogP contribution in [0.5, 0.6) is 0 Å². The minimum Gasteiger partial charge on any atom is -0.467 e. The van der Waals surface area contributed by atoms with E-state index in [1.807, 2.05) is 0 Å². The number of carbonyl (C=O) groups is 2. The van der Waals surface area contributed by atoms with E-state index in [4.69, 9.17) is 14.3 Å². The van der Waals surface area contributed by atoms with Crippen LogP contribution in [0.1, 0.15) is 17.7 Å². The molecule has 134 valence electrons. The summed E-state index contributed by atoms with van der Waals surface area (Å²) in [5, 5.41) is 7.56. The van der Waals surface area contributed by atoms with E-state index >= 15 is 0 Å². The minimum atomic E-state index is -3.73. The fourth-order valence-electron chi connectivity index (χ4n) is 1.96. The Kier molecular flexibility index (Phi) is 6.31. The van der Waals surface area contributed by atoms with Gasteiger partial charge in [-0.05, 0) is 36.2 Å². The Morgan fingerprint density at radius 1 is 1.16 bits per heavy atom. The van der Waals surface area contributed by atoms with E-state index < -0.39 is 21.9 Å². The third-order valence-electron chi connectivity index (χ3n) is 3.27. The zero-order valence-corrected chi connectivity index (χ0v) is 14.1. The van der Waals surface area contributed by atoms with Gasteiger partial charge in [0.05, 0.1) is 17.7 Å². The van der Waals surface area contributed by atoms with Crippen LogP contribution in [-0.4, -0.2) is 26.9 Å². The van der Waals surface area contributed by atoms with Gasteiger partial charge in [0.1, 0.15) is 5.76 Å². The lowest BCUT2D eigenvalue weighted by atomic mass is 10.1. The molecule has 8 nitrogen and oxygen atoms in total. The topological polar surface area (TPSA) is 129 Å². The molecule has 2 aromatic rings. The fourth-order valence-corrected chi connectivity index (χ4v) is 2.48. The number of ether oxygens (including phenoxy) is 1. The summed E-state index contributed by atoms with van der Waals surface area (Å²) in [6.07, 6.45) is 1.93. The molecule has 1 heterocycles. The van der Waals surface area contributed by atoms with Crippen molar-refractivity contribution >= 4 is 21.9 Å². The number of hydrogen-bond acceptors (Lipinski definition) is 6. The predicted molar refractivity (Wildman–Crippen MR) is 87.6 cm³/mol. The van der Waals surface area contributed by atoms with Crippen molar-refractivity contribution in [3.8, 4) is 0 Å². The first-order valence-electron chi connectivity index (χ1n) is 7.41. The van der Waals surface area contributed by atoms with Crippen LogP contribution < -0.4 is 10.5 Å². The molecule has 2 rings (SSSR count). The van der Waals surface area contributed by atoms with Crippen LogP contribution in [0.25, 0.3) is 0 Å². The molecule has 1 amide bonds. The second-order valence-electron chi connectivity index (χ2n) is 5.21. The first-order valence-corrected chi connectivity index (χ1v) is 8.95. The maximum Gasteiger partial charge on any atom is 0.306 e. The van der Waals surface area contributed by atoms with Gasteiger partial charge in [-0.2, -0.15) is 0 Å². The summed E-state index contributed by atoms with van der Waals surface area (Å²) in [4.78, 5) is 23.2. The molecular weight excluding hydrogens is 348 g/mol.